The SMILES string of the molecule is Cc1ccc(CC2CCN(C(=O)c3cc(CCCN)ccc3F)C2)cc1F. The largest absolute Gasteiger partial charge is 0.338 e. The van der Waals surface area contributed by atoms with Gasteiger partial charge in [0.2, 0.25) is 0 Å². The lowest BCUT2D eigenvalue weighted by Crippen LogP contribution is -2.29. The fourth-order valence-corrected chi connectivity index (χ4v) is 3.65. The number of likely N-dealkylation sites (tertiary alicyclic amines) is 1. The third-order valence-corrected chi connectivity index (χ3v) is 5.26. The molecule has 1 aliphatic heterocycles. The fourth-order valence-electron chi connectivity index (χ4n) is 3.65. The maximum Gasteiger partial charge on any atom is 0.256 e. The lowest BCUT2D eigenvalue weighted by Gasteiger charge is -2.18. The van der Waals surface area contributed by atoms with E-state index >= 15 is 0 Å². The first-order chi connectivity index (χ1) is 13.0. The summed E-state index contributed by atoms with van der Waals surface area (Å²) in [4.78, 5) is 14.5. The van der Waals surface area contributed by atoms with Crippen LogP contribution in [0, 0.1) is 24.5 Å². The fraction of sp³-hybridized carbons (Fsp3) is 0.409. The Hall–Kier alpha value is -2.27. The van der Waals surface area contributed by atoms with Crippen molar-refractivity contribution in [3.8, 4) is 0 Å². The van der Waals surface area contributed by atoms with Crippen molar-refractivity contribution in [2.45, 2.75) is 32.6 Å². The molecule has 2 aromatic carbocycles. The zero-order valence-corrected chi connectivity index (χ0v) is 15.7. The molecule has 1 saturated heterocycles. The van der Waals surface area contributed by atoms with Crippen molar-refractivity contribution in [2.75, 3.05) is 19.6 Å². The first-order valence-electron chi connectivity index (χ1n) is 9.50. The van der Waals surface area contributed by atoms with Crippen LogP contribution in [0.15, 0.2) is 36.4 Å². The van der Waals surface area contributed by atoms with Crippen molar-refractivity contribution < 1.29 is 13.6 Å². The molecule has 1 unspecified atom stereocenters. The lowest BCUT2D eigenvalue weighted by molar-refractivity contribution is 0.0782. The molecule has 3 rings (SSSR count). The molecule has 1 aliphatic rings. The summed E-state index contributed by atoms with van der Waals surface area (Å²) in [6, 6.07) is 10.0. The highest BCUT2D eigenvalue weighted by atomic mass is 19.1. The number of nitrogens with zero attached hydrogens (tertiary/aromatic N) is 1. The van der Waals surface area contributed by atoms with Crippen LogP contribution in [-0.4, -0.2) is 30.4 Å². The molecule has 0 radical (unpaired) electrons. The van der Waals surface area contributed by atoms with E-state index in [1.807, 2.05) is 6.07 Å². The van der Waals surface area contributed by atoms with Gasteiger partial charge in [0.1, 0.15) is 11.6 Å². The van der Waals surface area contributed by atoms with Gasteiger partial charge in [-0.2, -0.15) is 0 Å². The standard InChI is InChI=1S/C22H26F2N2O/c1-15-4-5-17(13-21(15)24)11-18-8-10-26(14-18)22(27)19-12-16(3-2-9-25)6-7-20(19)23/h4-7,12-13,18H,2-3,8-11,14,25H2,1H3. The van der Waals surface area contributed by atoms with Gasteiger partial charge < -0.3 is 10.6 Å². The number of hydrogen-bond donors (Lipinski definition) is 1. The Morgan fingerprint density at radius 1 is 1.15 bits per heavy atom. The molecule has 1 amide bonds. The number of aryl methyl sites for hydroxylation is 2. The third kappa shape index (κ3) is 4.72. The highest BCUT2D eigenvalue weighted by Crippen LogP contribution is 2.24. The van der Waals surface area contributed by atoms with Crippen molar-refractivity contribution in [3.63, 3.8) is 0 Å². The second-order valence-corrected chi connectivity index (χ2v) is 7.40. The summed E-state index contributed by atoms with van der Waals surface area (Å²) in [6.07, 6.45) is 3.10. The topological polar surface area (TPSA) is 46.3 Å². The second kappa shape index (κ2) is 8.61. The van der Waals surface area contributed by atoms with Gasteiger partial charge in [0.15, 0.2) is 0 Å². The van der Waals surface area contributed by atoms with E-state index in [0.29, 0.717) is 25.2 Å². The van der Waals surface area contributed by atoms with Gasteiger partial charge in [0.05, 0.1) is 5.56 Å². The Morgan fingerprint density at radius 3 is 2.67 bits per heavy atom. The number of carbonyl (C=O) groups is 1. The average molecular weight is 372 g/mol. The van der Waals surface area contributed by atoms with Crippen molar-refractivity contribution in [1.29, 1.82) is 0 Å². The lowest BCUT2D eigenvalue weighted by atomic mass is 9.98. The Kier molecular flexibility index (Phi) is 6.22. The molecule has 1 fully saturated rings. The average Bonchev–Trinajstić information content (AvgIpc) is 3.12. The number of carbonyl (C=O) groups excluding carboxylic acids is 1. The van der Waals surface area contributed by atoms with Gasteiger partial charge in [-0.15, -0.1) is 0 Å². The Balaban J connectivity index is 1.65. The van der Waals surface area contributed by atoms with Gasteiger partial charge in [-0.25, -0.2) is 8.78 Å². The molecule has 2 aromatic rings. The molecular formula is C22H26F2N2O. The van der Waals surface area contributed by atoms with Crippen LogP contribution in [0.4, 0.5) is 8.78 Å². The van der Waals surface area contributed by atoms with Gasteiger partial charge in [-0.05, 0) is 80.0 Å². The van der Waals surface area contributed by atoms with E-state index in [-0.39, 0.29) is 23.2 Å². The van der Waals surface area contributed by atoms with Crippen LogP contribution in [0.2, 0.25) is 0 Å². The highest BCUT2D eigenvalue weighted by Gasteiger charge is 2.28. The Labute approximate surface area is 159 Å². The van der Waals surface area contributed by atoms with E-state index < -0.39 is 5.82 Å². The molecule has 1 atom stereocenters. The zero-order valence-electron chi connectivity index (χ0n) is 15.7. The highest BCUT2D eigenvalue weighted by molar-refractivity contribution is 5.94. The molecule has 0 saturated carbocycles. The van der Waals surface area contributed by atoms with E-state index in [2.05, 4.69) is 0 Å². The van der Waals surface area contributed by atoms with Crippen LogP contribution in [0.5, 0.6) is 0 Å². The molecule has 0 aromatic heterocycles. The second-order valence-electron chi connectivity index (χ2n) is 7.40. The molecule has 27 heavy (non-hydrogen) atoms. The quantitative estimate of drug-likeness (QED) is 0.837. The van der Waals surface area contributed by atoms with E-state index in [1.54, 1.807) is 36.1 Å². The molecule has 2 N–H and O–H groups in total. The predicted molar refractivity (Wildman–Crippen MR) is 103 cm³/mol. The maximum atomic E-state index is 14.2. The van der Waals surface area contributed by atoms with Gasteiger partial charge in [-0.1, -0.05) is 18.2 Å². The van der Waals surface area contributed by atoms with Crippen molar-refractivity contribution in [1.82, 2.24) is 4.90 Å². The summed E-state index contributed by atoms with van der Waals surface area (Å²) in [6.45, 7) is 3.48. The molecule has 3 nitrogen and oxygen atoms in total. The van der Waals surface area contributed by atoms with Crippen molar-refractivity contribution >= 4 is 5.91 Å². The van der Waals surface area contributed by atoms with E-state index in [0.717, 1.165) is 36.8 Å². The summed E-state index contributed by atoms with van der Waals surface area (Å²) >= 11 is 0. The molecule has 1 heterocycles. The van der Waals surface area contributed by atoms with E-state index in [4.69, 9.17) is 5.73 Å². The van der Waals surface area contributed by atoms with Gasteiger partial charge in [-0.3, -0.25) is 4.79 Å². The maximum absolute atomic E-state index is 14.2. The molecule has 5 heteroatoms. The van der Waals surface area contributed by atoms with Crippen LogP contribution in [0.3, 0.4) is 0 Å². The summed E-state index contributed by atoms with van der Waals surface area (Å²) in [7, 11) is 0. The molecular weight excluding hydrogens is 346 g/mol. The first-order valence-corrected chi connectivity index (χ1v) is 9.50. The minimum Gasteiger partial charge on any atom is -0.338 e. The number of hydrogen-bond acceptors (Lipinski definition) is 2. The molecule has 0 spiro atoms. The smallest absolute Gasteiger partial charge is 0.256 e. The van der Waals surface area contributed by atoms with Crippen molar-refractivity contribution in [2.24, 2.45) is 11.7 Å². The molecule has 144 valence electrons. The number of benzene rings is 2. The van der Waals surface area contributed by atoms with Crippen LogP contribution >= 0.6 is 0 Å². The minimum absolute atomic E-state index is 0.131. The molecule has 0 bridgehead atoms. The monoisotopic (exact) mass is 372 g/mol. The normalized spacial score (nSPS) is 16.7. The summed E-state index contributed by atoms with van der Waals surface area (Å²) in [5, 5.41) is 0. The predicted octanol–water partition coefficient (Wildman–Crippen LogP) is 3.87. The Morgan fingerprint density at radius 2 is 1.93 bits per heavy atom. The van der Waals surface area contributed by atoms with Crippen LogP contribution in [-0.2, 0) is 12.8 Å². The summed E-state index contributed by atoms with van der Waals surface area (Å²) in [5.74, 6) is -0.686. The van der Waals surface area contributed by atoms with Crippen LogP contribution in [0.25, 0.3) is 0 Å². The van der Waals surface area contributed by atoms with Gasteiger partial charge in [0, 0.05) is 13.1 Å². The van der Waals surface area contributed by atoms with E-state index in [9.17, 15) is 13.6 Å². The third-order valence-electron chi connectivity index (χ3n) is 5.26. The van der Waals surface area contributed by atoms with E-state index in [1.165, 1.54) is 6.07 Å². The number of amides is 1. The van der Waals surface area contributed by atoms with Crippen molar-refractivity contribution in [3.05, 3.63) is 70.3 Å². The summed E-state index contributed by atoms with van der Waals surface area (Å²) < 4.78 is 27.9. The summed E-state index contributed by atoms with van der Waals surface area (Å²) in [5.41, 5.74) is 8.15. The Bertz CT molecular complexity index is 822. The van der Waals surface area contributed by atoms with Gasteiger partial charge >= 0.3 is 0 Å². The zero-order chi connectivity index (χ0) is 19.4. The van der Waals surface area contributed by atoms with Crippen LogP contribution in [0.1, 0.15) is 39.9 Å². The first kappa shape index (κ1) is 19.5. The number of halogens is 2. The number of nitrogens with two attached hydrogens (primary N) is 1. The van der Waals surface area contributed by atoms with Gasteiger partial charge in [0.25, 0.3) is 5.91 Å². The molecule has 0 aliphatic carbocycles. The van der Waals surface area contributed by atoms with Crippen LogP contribution < -0.4 is 5.73 Å². The number of rotatable bonds is 6. The minimum atomic E-state index is -0.486.